The molecule has 1 heterocycles. The van der Waals surface area contributed by atoms with Crippen LogP contribution >= 0.6 is 11.8 Å². The Balaban J connectivity index is 2.17. The second kappa shape index (κ2) is 9.26. The number of unbranched alkanes of at least 4 members (excludes halogenated alkanes) is 1. The molecule has 122 valence electrons. The molecule has 22 heavy (non-hydrogen) atoms. The normalized spacial score (nSPS) is 17.7. The standard InChI is InChI=1S/C19H29NOS/c1-4-5-8-17(20-13-6-7-14-20)15-19(22-3)16-9-11-18(21-2)12-10-16/h9-12,15,17H,4-8,13-14H2,1-3H3/b19-15+. The maximum absolute atomic E-state index is 5.26. The van der Waals surface area contributed by atoms with Gasteiger partial charge in [0.2, 0.25) is 0 Å². The van der Waals surface area contributed by atoms with Gasteiger partial charge in [0.05, 0.1) is 7.11 Å². The second-order valence-corrected chi connectivity index (χ2v) is 6.76. The van der Waals surface area contributed by atoms with Crippen molar-refractivity contribution in [1.29, 1.82) is 0 Å². The molecule has 1 fully saturated rings. The van der Waals surface area contributed by atoms with E-state index in [2.05, 4.69) is 48.4 Å². The molecule has 0 amide bonds. The van der Waals surface area contributed by atoms with Crippen molar-refractivity contribution >= 4 is 16.7 Å². The van der Waals surface area contributed by atoms with Crippen LogP contribution in [0.2, 0.25) is 0 Å². The van der Waals surface area contributed by atoms with Gasteiger partial charge in [-0.1, -0.05) is 38.0 Å². The van der Waals surface area contributed by atoms with Gasteiger partial charge in [0, 0.05) is 10.9 Å². The van der Waals surface area contributed by atoms with E-state index in [-0.39, 0.29) is 0 Å². The molecule has 1 aromatic rings. The molecule has 2 nitrogen and oxygen atoms in total. The molecule has 0 aliphatic carbocycles. The van der Waals surface area contributed by atoms with Crippen LogP contribution in [-0.4, -0.2) is 37.4 Å². The average Bonchev–Trinajstić information content (AvgIpc) is 3.10. The van der Waals surface area contributed by atoms with Crippen LogP contribution in [0, 0.1) is 0 Å². The number of methoxy groups -OCH3 is 1. The third-order valence-electron chi connectivity index (χ3n) is 4.40. The van der Waals surface area contributed by atoms with Crippen molar-refractivity contribution in [2.24, 2.45) is 0 Å². The number of thioether (sulfide) groups is 1. The fraction of sp³-hybridized carbons (Fsp3) is 0.579. The lowest BCUT2D eigenvalue weighted by Gasteiger charge is -2.25. The Morgan fingerprint density at radius 3 is 2.50 bits per heavy atom. The highest BCUT2D eigenvalue weighted by Crippen LogP contribution is 2.29. The maximum Gasteiger partial charge on any atom is 0.118 e. The van der Waals surface area contributed by atoms with Crippen LogP contribution in [-0.2, 0) is 0 Å². The number of benzene rings is 1. The zero-order valence-corrected chi connectivity index (χ0v) is 15.0. The first-order valence-corrected chi connectivity index (χ1v) is 9.65. The summed E-state index contributed by atoms with van der Waals surface area (Å²) in [5.74, 6) is 0.922. The summed E-state index contributed by atoms with van der Waals surface area (Å²) in [6.45, 7) is 4.80. The lowest BCUT2D eigenvalue weighted by atomic mass is 10.1. The molecule has 1 saturated heterocycles. The van der Waals surface area contributed by atoms with Gasteiger partial charge in [-0.2, -0.15) is 0 Å². The quantitative estimate of drug-likeness (QED) is 0.665. The zero-order valence-electron chi connectivity index (χ0n) is 14.2. The molecule has 1 aromatic carbocycles. The van der Waals surface area contributed by atoms with E-state index in [1.54, 1.807) is 7.11 Å². The fourth-order valence-corrected chi connectivity index (χ4v) is 3.73. The summed E-state index contributed by atoms with van der Waals surface area (Å²) in [6, 6.07) is 9.03. The van der Waals surface area contributed by atoms with Crippen molar-refractivity contribution in [3.8, 4) is 5.75 Å². The predicted octanol–water partition coefficient (Wildman–Crippen LogP) is 5.05. The molecule has 1 aliphatic heterocycles. The van der Waals surface area contributed by atoms with Gasteiger partial charge in [0.25, 0.3) is 0 Å². The smallest absolute Gasteiger partial charge is 0.118 e. The minimum absolute atomic E-state index is 0.590. The van der Waals surface area contributed by atoms with Crippen molar-refractivity contribution in [2.75, 3.05) is 26.5 Å². The summed E-state index contributed by atoms with van der Waals surface area (Å²) in [7, 11) is 1.72. The SMILES string of the molecule is CCCCC(/C=C(/SC)c1ccc(OC)cc1)N1CCCC1. The topological polar surface area (TPSA) is 12.5 Å². The molecular weight excluding hydrogens is 290 g/mol. The summed E-state index contributed by atoms with van der Waals surface area (Å²) in [4.78, 5) is 4.05. The lowest BCUT2D eigenvalue weighted by molar-refractivity contribution is 0.268. The Hall–Kier alpha value is -0.930. The van der Waals surface area contributed by atoms with Crippen molar-refractivity contribution in [3.05, 3.63) is 35.9 Å². The Bertz CT molecular complexity index is 463. The number of ether oxygens (including phenoxy) is 1. The van der Waals surface area contributed by atoms with Crippen molar-refractivity contribution < 1.29 is 4.74 Å². The van der Waals surface area contributed by atoms with E-state index < -0.39 is 0 Å². The molecule has 1 unspecified atom stereocenters. The molecule has 0 bridgehead atoms. The Morgan fingerprint density at radius 1 is 1.27 bits per heavy atom. The number of rotatable bonds is 8. The van der Waals surface area contributed by atoms with Crippen molar-refractivity contribution in [2.45, 2.75) is 45.1 Å². The molecule has 0 N–H and O–H groups in total. The highest BCUT2D eigenvalue weighted by molar-refractivity contribution is 8.07. The van der Waals surface area contributed by atoms with E-state index in [0.29, 0.717) is 6.04 Å². The van der Waals surface area contributed by atoms with Gasteiger partial charge >= 0.3 is 0 Å². The van der Waals surface area contributed by atoms with Crippen molar-refractivity contribution in [1.82, 2.24) is 4.90 Å². The monoisotopic (exact) mass is 319 g/mol. The highest BCUT2D eigenvalue weighted by Gasteiger charge is 2.20. The first-order valence-electron chi connectivity index (χ1n) is 8.42. The van der Waals surface area contributed by atoms with E-state index in [9.17, 15) is 0 Å². The van der Waals surface area contributed by atoms with Gasteiger partial charge in [-0.05, 0) is 56.3 Å². The number of likely N-dealkylation sites (tertiary alicyclic amines) is 1. The summed E-state index contributed by atoms with van der Waals surface area (Å²) in [5.41, 5.74) is 1.30. The van der Waals surface area contributed by atoms with Gasteiger partial charge in [-0.25, -0.2) is 0 Å². The third kappa shape index (κ3) is 4.79. The minimum Gasteiger partial charge on any atom is -0.497 e. The molecule has 0 saturated carbocycles. The average molecular weight is 320 g/mol. The van der Waals surface area contributed by atoms with Gasteiger partial charge < -0.3 is 4.74 Å². The summed E-state index contributed by atoms with van der Waals surface area (Å²) in [6.07, 6.45) is 11.2. The van der Waals surface area contributed by atoms with Crippen LogP contribution in [0.4, 0.5) is 0 Å². The predicted molar refractivity (Wildman–Crippen MR) is 98.6 cm³/mol. The molecule has 0 aromatic heterocycles. The second-order valence-electron chi connectivity index (χ2n) is 5.92. The van der Waals surface area contributed by atoms with Crippen LogP contribution in [0.15, 0.2) is 30.3 Å². The zero-order chi connectivity index (χ0) is 15.8. The van der Waals surface area contributed by atoms with Crippen LogP contribution in [0.1, 0.15) is 44.6 Å². The van der Waals surface area contributed by atoms with E-state index in [1.807, 2.05) is 11.8 Å². The third-order valence-corrected chi connectivity index (χ3v) is 5.21. The van der Waals surface area contributed by atoms with E-state index in [4.69, 9.17) is 4.74 Å². The Morgan fingerprint density at radius 2 is 1.95 bits per heavy atom. The number of hydrogen-bond donors (Lipinski definition) is 0. The first-order chi connectivity index (χ1) is 10.8. The Labute approximate surface area is 139 Å². The molecule has 2 rings (SSSR count). The van der Waals surface area contributed by atoms with Crippen LogP contribution in [0.25, 0.3) is 4.91 Å². The molecule has 1 aliphatic rings. The summed E-state index contributed by atoms with van der Waals surface area (Å²) < 4.78 is 5.26. The van der Waals surface area contributed by atoms with Crippen LogP contribution in [0.5, 0.6) is 5.75 Å². The highest BCUT2D eigenvalue weighted by atomic mass is 32.2. The fourth-order valence-electron chi connectivity index (χ4n) is 3.07. The lowest BCUT2D eigenvalue weighted by Crippen LogP contribution is -2.31. The van der Waals surface area contributed by atoms with Gasteiger partial charge in [0.1, 0.15) is 5.75 Å². The minimum atomic E-state index is 0.590. The molecule has 3 heteroatoms. The largest absolute Gasteiger partial charge is 0.497 e. The number of nitrogens with zero attached hydrogens (tertiary/aromatic N) is 1. The van der Waals surface area contributed by atoms with E-state index in [0.717, 1.165) is 5.75 Å². The Kier molecular flexibility index (Phi) is 7.34. The maximum atomic E-state index is 5.26. The van der Waals surface area contributed by atoms with Gasteiger partial charge in [0.15, 0.2) is 0 Å². The summed E-state index contributed by atoms with van der Waals surface area (Å²) >= 11 is 1.85. The number of hydrogen-bond acceptors (Lipinski definition) is 3. The summed E-state index contributed by atoms with van der Waals surface area (Å²) in [5, 5.41) is 0. The van der Waals surface area contributed by atoms with Crippen molar-refractivity contribution in [3.63, 3.8) is 0 Å². The van der Waals surface area contributed by atoms with Gasteiger partial charge in [-0.15, -0.1) is 11.8 Å². The van der Waals surface area contributed by atoms with Gasteiger partial charge in [-0.3, -0.25) is 4.90 Å². The first kappa shape index (κ1) is 17.4. The van der Waals surface area contributed by atoms with E-state index >= 15 is 0 Å². The van der Waals surface area contributed by atoms with Crippen LogP contribution in [0.3, 0.4) is 0 Å². The molecule has 0 radical (unpaired) electrons. The molecule has 0 spiro atoms. The van der Waals surface area contributed by atoms with E-state index in [1.165, 1.54) is 55.7 Å². The van der Waals surface area contributed by atoms with Crippen LogP contribution < -0.4 is 4.74 Å². The molecular formula is C19H29NOS. The molecule has 1 atom stereocenters.